The lowest BCUT2D eigenvalue weighted by atomic mass is 10.2. The molecule has 2 rings (SSSR count). The summed E-state index contributed by atoms with van der Waals surface area (Å²) in [6.45, 7) is 4.33. The van der Waals surface area contributed by atoms with Gasteiger partial charge >= 0.3 is 5.97 Å². The Labute approximate surface area is 100 Å². The van der Waals surface area contributed by atoms with E-state index < -0.39 is 0 Å². The molecule has 1 aliphatic rings. The van der Waals surface area contributed by atoms with Gasteiger partial charge in [0.05, 0.1) is 12.8 Å². The number of carbonyl (C=O) groups is 1. The van der Waals surface area contributed by atoms with Gasteiger partial charge in [0.1, 0.15) is 11.9 Å². The zero-order chi connectivity index (χ0) is 12.1. The number of hydrogen-bond acceptors (Lipinski definition) is 6. The van der Waals surface area contributed by atoms with Crippen LogP contribution < -0.4 is 10.2 Å². The van der Waals surface area contributed by atoms with Crippen LogP contribution in [0, 0.1) is 0 Å². The van der Waals surface area contributed by atoms with E-state index in [2.05, 4.69) is 15.3 Å². The molecule has 17 heavy (non-hydrogen) atoms. The van der Waals surface area contributed by atoms with Gasteiger partial charge in [0, 0.05) is 32.0 Å². The number of nitrogens with zero attached hydrogens (tertiary/aromatic N) is 3. The van der Waals surface area contributed by atoms with Crippen molar-refractivity contribution in [2.75, 3.05) is 31.1 Å². The molecular formula is C11H16N4O2. The fourth-order valence-corrected chi connectivity index (χ4v) is 1.81. The highest BCUT2D eigenvalue weighted by molar-refractivity contribution is 5.77. The van der Waals surface area contributed by atoms with Crippen LogP contribution in [-0.2, 0) is 9.53 Å². The maximum atomic E-state index is 11.6. The van der Waals surface area contributed by atoms with E-state index in [0.717, 1.165) is 18.9 Å². The molecule has 1 fully saturated rings. The minimum Gasteiger partial charge on any atom is -0.465 e. The van der Waals surface area contributed by atoms with E-state index >= 15 is 0 Å². The van der Waals surface area contributed by atoms with E-state index in [9.17, 15) is 4.79 Å². The average molecular weight is 236 g/mol. The number of esters is 1. The van der Waals surface area contributed by atoms with Crippen molar-refractivity contribution in [1.29, 1.82) is 0 Å². The Hall–Kier alpha value is -1.69. The maximum absolute atomic E-state index is 11.6. The summed E-state index contributed by atoms with van der Waals surface area (Å²) in [5.41, 5.74) is 0. The quantitative estimate of drug-likeness (QED) is 0.734. The molecular weight excluding hydrogens is 220 g/mol. The van der Waals surface area contributed by atoms with E-state index in [0.29, 0.717) is 13.2 Å². The molecule has 6 heteroatoms. The number of aromatic nitrogens is 2. The number of anilines is 1. The molecule has 1 aliphatic heterocycles. The first-order valence-corrected chi connectivity index (χ1v) is 5.72. The molecule has 0 aromatic carbocycles. The van der Waals surface area contributed by atoms with Crippen molar-refractivity contribution in [3.05, 3.63) is 18.6 Å². The molecule has 1 atom stereocenters. The molecule has 0 radical (unpaired) electrons. The van der Waals surface area contributed by atoms with Crippen LogP contribution in [-0.4, -0.2) is 48.2 Å². The lowest BCUT2D eigenvalue weighted by molar-refractivity contribution is -0.145. The molecule has 1 aromatic rings. The van der Waals surface area contributed by atoms with Crippen LogP contribution in [0.1, 0.15) is 6.92 Å². The second-order valence-electron chi connectivity index (χ2n) is 3.77. The zero-order valence-electron chi connectivity index (χ0n) is 9.80. The van der Waals surface area contributed by atoms with Gasteiger partial charge < -0.3 is 15.0 Å². The first-order valence-electron chi connectivity index (χ1n) is 5.72. The van der Waals surface area contributed by atoms with Crippen LogP contribution in [0.3, 0.4) is 0 Å². The zero-order valence-corrected chi connectivity index (χ0v) is 9.80. The predicted molar refractivity (Wildman–Crippen MR) is 62.7 cm³/mol. The summed E-state index contributed by atoms with van der Waals surface area (Å²) >= 11 is 0. The number of ether oxygens (including phenoxy) is 1. The van der Waals surface area contributed by atoms with Crippen LogP contribution in [0.15, 0.2) is 18.6 Å². The van der Waals surface area contributed by atoms with Gasteiger partial charge in [0.2, 0.25) is 0 Å². The molecule has 0 bridgehead atoms. The summed E-state index contributed by atoms with van der Waals surface area (Å²) in [5.74, 6) is 0.587. The summed E-state index contributed by atoms with van der Waals surface area (Å²) in [6, 6.07) is -0.286. The van der Waals surface area contributed by atoms with E-state index in [1.807, 2.05) is 4.90 Å². The second-order valence-corrected chi connectivity index (χ2v) is 3.77. The van der Waals surface area contributed by atoms with Gasteiger partial charge in [0.25, 0.3) is 0 Å². The average Bonchev–Trinajstić information content (AvgIpc) is 2.40. The lowest BCUT2D eigenvalue weighted by Gasteiger charge is -2.32. The van der Waals surface area contributed by atoms with Crippen molar-refractivity contribution in [3.8, 4) is 0 Å². The Balaban J connectivity index is 2.00. The predicted octanol–water partition coefficient (Wildman–Crippen LogP) is -0.182. The van der Waals surface area contributed by atoms with E-state index in [-0.39, 0.29) is 12.0 Å². The maximum Gasteiger partial charge on any atom is 0.324 e. The second kappa shape index (κ2) is 5.58. The molecule has 0 aliphatic carbocycles. The highest BCUT2D eigenvalue weighted by Crippen LogP contribution is 2.11. The molecule has 0 amide bonds. The number of carbonyl (C=O) groups excluding carboxylic acids is 1. The minimum atomic E-state index is -0.286. The number of hydrogen-bond donors (Lipinski definition) is 1. The lowest BCUT2D eigenvalue weighted by Crippen LogP contribution is -2.55. The van der Waals surface area contributed by atoms with Crippen LogP contribution in [0.4, 0.5) is 5.82 Å². The van der Waals surface area contributed by atoms with Gasteiger partial charge in [-0.15, -0.1) is 0 Å². The number of piperazine rings is 1. The monoisotopic (exact) mass is 236 g/mol. The smallest absolute Gasteiger partial charge is 0.324 e. The van der Waals surface area contributed by atoms with E-state index in [1.54, 1.807) is 25.5 Å². The summed E-state index contributed by atoms with van der Waals surface area (Å²) in [4.78, 5) is 21.9. The summed E-state index contributed by atoms with van der Waals surface area (Å²) in [7, 11) is 0. The van der Waals surface area contributed by atoms with Gasteiger partial charge in [-0.25, -0.2) is 4.98 Å². The standard InChI is InChI=1S/C11H16N4O2/c1-2-17-11(16)9-8-15(6-5-13-9)10-7-12-3-4-14-10/h3-4,7,9,13H,2,5-6,8H2,1H3. The van der Waals surface area contributed by atoms with Crippen LogP contribution in [0.5, 0.6) is 0 Å². The summed E-state index contributed by atoms with van der Waals surface area (Å²) in [6.07, 6.45) is 4.98. The largest absolute Gasteiger partial charge is 0.465 e. The summed E-state index contributed by atoms with van der Waals surface area (Å²) in [5, 5.41) is 3.14. The minimum absolute atomic E-state index is 0.207. The van der Waals surface area contributed by atoms with Gasteiger partial charge in [-0.3, -0.25) is 9.78 Å². The first-order chi connectivity index (χ1) is 8.31. The highest BCUT2D eigenvalue weighted by Gasteiger charge is 2.26. The molecule has 6 nitrogen and oxygen atoms in total. The Morgan fingerprint density at radius 2 is 2.53 bits per heavy atom. The third-order valence-corrected chi connectivity index (χ3v) is 2.62. The molecule has 0 spiro atoms. The molecule has 1 N–H and O–H groups in total. The molecule has 2 heterocycles. The van der Waals surface area contributed by atoms with Crippen molar-refractivity contribution in [2.45, 2.75) is 13.0 Å². The third-order valence-electron chi connectivity index (χ3n) is 2.62. The Morgan fingerprint density at radius 3 is 3.24 bits per heavy atom. The highest BCUT2D eigenvalue weighted by atomic mass is 16.5. The molecule has 1 aromatic heterocycles. The van der Waals surface area contributed by atoms with Crippen LogP contribution >= 0.6 is 0 Å². The van der Waals surface area contributed by atoms with E-state index in [4.69, 9.17) is 4.74 Å². The first kappa shape index (κ1) is 11.8. The Morgan fingerprint density at radius 1 is 1.65 bits per heavy atom. The van der Waals surface area contributed by atoms with Crippen molar-refractivity contribution in [1.82, 2.24) is 15.3 Å². The van der Waals surface area contributed by atoms with Crippen molar-refractivity contribution in [3.63, 3.8) is 0 Å². The van der Waals surface area contributed by atoms with Crippen molar-refractivity contribution in [2.24, 2.45) is 0 Å². The van der Waals surface area contributed by atoms with Gasteiger partial charge in [-0.1, -0.05) is 0 Å². The Bertz CT molecular complexity index is 371. The van der Waals surface area contributed by atoms with Gasteiger partial charge in [-0.05, 0) is 6.92 Å². The molecule has 1 saturated heterocycles. The normalized spacial score (nSPS) is 20.1. The summed E-state index contributed by atoms with van der Waals surface area (Å²) < 4.78 is 5.00. The number of rotatable bonds is 3. The topological polar surface area (TPSA) is 67.3 Å². The van der Waals surface area contributed by atoms with E-state index in [1.165, 1.54) is 0 Å². The SMILES string of the molecule is CCOC(=O)C1CN(c2cnccn2)CCN1. The van der Waals surface area contributed by atoms with Crippen molar-refractivity contribution >= 4 is 11.8 Å². The molecule has 92 valence electrons. The third kappa shape index (κ3) is 2.91. The van der Waals surface area contributed by atoms with Crippen molar-refractivity contribution < 1.29 is 9.53 Å². The Kier molecular flexibility index (Phi) is 3.87. The van der Waals surface area contributed by atoms with Crippen LogP contribution in [0.2, 0.25) is 0 Å². The molecule has 1 unspecified atom stereocenters. The van der Waals surface area contributed by atoms with Gasteiger partial charge in [-0.2, -0.15) is 0 Å². The fraction of sp³-hybridized carbons (Fsp3) is 0.545. The number of nitrogens with one attached hydrogen (secondary N) is 1. The van der Waals surface area contributed by atoms with Crippen LogP contribution in [0.25, 0.3) is 0 Å². The van der Waals surface area contributed by atoms with Gasteiger partial charge in [0.15, 0.2) is 0 Å². The fourth-order valence-electron chi connectivity index (χ4n) is 1.81. The molecule has 0 saturated carbocycles.